The first-order valence-corrected chi connectivity index (χ1v) is 9.81. The van der Waals surface area contributed by atoms with Crippen LogP contribution in [0, 0.1) is 0 Å². The molecule has 2 aliphatic heterocycles. The molecule has 0 saturated carbocycles. The fourth-order valence-electron chi connectivity index (χ4n) is 4.07. The molecule has 2 saturated heterocycles. The summed E-state index contributed by atoms with van der Waals surface area (Å²) in [5, 5.41) is 7.43. The Kier molecular flexibility index (Phi) is 5.29. The van der Waals surface area contributed by atoms with Crippen LogP contribution in [0.25, 0.3) is 11.4 Å². The van der Waals surface area contributed by atoms with Gasteiger partial charge in [0.25, 0.3) is 0 Å². The number of nitrogens with zero attached hydrogens (tertiary/aromatic N) is 4. The SMILES string of the molecule is O=C(CCN1CCCCC1)N1CCCC1c1nc(-c2ccccc2)n[nH]1. The molecule has 0 bridgehead atoms. The molecule has 1 amide bonds. The summed E-state index contributed by atoms with van der Waals surface area (Å²) in [6.45, 7) is 3.98. The van der Waals surface area contributed by atoms with E-state index in [1.54, 1.807) is 0 Å². The Morgan fingerprint density at radius 1 is 1.08 bits per heavy atom. The molecule has 1 unspecified atom stereocenters. The van der Waals surface area contributed by atoms with E-state index in [0.29, 0.717) is 12.2 Å². The first kappa shape index (κ1) is 17.2. The molecule has 1 N–H and O–H groups in total. The van der Waals surface area contributed by atoms with Crippen LogP contribution in [0.4, 0.5) is 0 Å². The molecule has 6 heteroatoms. The largest absolute Gasteiger partial charge is 0.332 e. The van der Waals surface area contributed by atoms with Gasteiger partial charge in [0.2, 0.25) is 5.91 Å². The van der Waals surface area contributed by atoms with Gasteiger partial charge in [-0.3, -0.25) is 9.89 Å². The van der Waals surface area contributed by atoms with Crippen LogP contribution >= 0.6 is 0 Å². The number of nitrogens with one attached hydrogen (secondary N) is 1. The lowest BCUT2D eigenvalue weighted by Gasteiger charge is -2.28. The lowest BCUT2D eigenvalue weighted by Crippen LogP contribution is -2.36. The predicted octanol–water partition coefficient (Wildman–Crippen LogP) is 3.01. The number of carbonyl (C=O) groups excluding carboxylic acids is 1. The Bertz CT molecular complexity index is 723. The summed E-state index contributed by atoms with van der Waals surface area (Å²) in [5.74, 6) is 1.76. The van der Waals surface area contributed by atoms with Crippen LogP contribution in [-0.2, 0) is 4.79 Å². The number of hydrogen-bond donors (Lipinski definition) is 1. The minimum absolute atomic E-state index is 0.0359. The van der Waals surface area contributed by atoms with Crippen molar-refractivity contribution in [2.24, 2.45) is 0 Å². The quantitative estimate of drug-likeness (QED) is 0.897. The number of rotatable bonds is 5. The van der Waals surface area contributed by atoms with Gasteiger partial charge in [-0.1, -0.05) is 36.8 Å². The number of hydrogen-bond acceptors (Lipinski definition) is 4. The number of carbonyl (C=O) groups is 1. The number of amides is 1. The third-order valence-electron chi connectivity index (χ3n) is 5.51. The molecule has 1 aromatic carbocycles. The third kappa shape index (κ3) is 3.80. The second-order valence-electron chi connectivity index (χ2n) is 7.31. The van der Waals surface area contributed by atoms with Crippen LogP contribution in [0.1, 0.15) is 50.4 Å². The summed E-state index contributed by atoms with van der Waals surface area (Å²) in [6, 6.07) is 9.99. The van der Waals surface area contributed by atoms with Gasteiger partial charge in [0.1, 0.15) is 5.82 Å². The van der Waals surface area contributed by atoms with E-state index in [-0.39, 0.29) is 11.9 Å². The minimum atomic E-state index is 0.0359. The van der Waals surface area contributed by atoms with Crippen molar-refractivity contribution >= 4 is 5.91 Å². The summed E-state index contributed by atoms with van der Waals surface area (Å²) >= 11 is 0. The average molecular weight is 353 g/mol. The van der Waals surface area contributed by atoms with E-state index in [0.717, 1.165) is 50.4 Å². The molecule has 0 aliphatic carbocycles. The van der Waals surface area contributed by atoms with Crippen molar-refractivity contribution in [2.75, 3.05) is 26.2 Å². The second kappa shape index (κ2) is 7.99. The Balaban J connectivity index is 1.40. The van der Waals surface area contributed by atoms with Gasteiger partial charge in [-0.05, 0) is 38.8 Å². The highest BCUT2D eigenvalue weighted by Crippen LogP contribution is 2.31. The number of piperidine rings is 1. The molecular weight excluding hydrogens is 326 g/mol. The maximum atomic E-state index is 12.8. The lowest BCUT2D eigenvalue weighted by molar-refractivity contribution is -0.132. The number of aromatic amines is 1. The highest BCUT2D eigenvalue weighted by molar-refractivity contribution is 5.77. The molecule has 2 fully saturated rings. The smallest absolute Gasteiger partial charge is 0.224 e. The number of aromatic nitrogens is 3. The van der Waals surface area contributed by atoms with E-state index >= 15 is 0 Å². The zero-order valence-corrected chi connectivity index (χ0v) is 15.2. The molecular formula is C20H27N5O. The van der Waals surface area contributed by atoms with Gasteiger partial charge in [-0.25, -0.2) is 4.98 Å². The van der Waals surface area contributed by atoms with Crippen molar-refractivity contribution in [3.05, 3.63) is 36.2 Å². The molecule has 2 aromatic rings. The first-order valence-electron chi connectivity index (χ1n) is 9.81. The molecule has 0 spiro atoms. The van der Waals surface area contributed by atoms with E-state index in [2.05, 4.69) is 20.1 Å². The normalized spacial score (nSPS) is 21.2. The Morgan fingerprint density at radius 3 is 2.69 bits per heavy atom. The fraction of sp³-hybridized carbons (Fsp3) is 0.550. The average Bonchev–Trinajstić information content (AvgIpc) is 3.37. The van der Waals surface area contributed by atoms with E-state index in [1.807, 2.05) is 35.2 Å². The molecule has 26 heavy (non-hydrogen) atoms. The summed E-state index contributed by atoms with van der Waals surface area (Å²) in [4.78, 5) is 21.9. The maximum Gasteiger partial charge on any atom is 0.224 e. The Morgan fingerprint density at radius 2 is 1.88 bits per heavy atom. The van der Waals surface area contributed by atoms with Crippen LogP contribution in [0.3, 0.4) is 0 Å². The molecule has 6 nitrogen and oxygen atoms in total. The standard InChI is InChI=1S/C20H27N5O/c26-18(11-15-24-12-5-2-6-13-24)25-14-7-10-17(25)20-21-19(22-23-20)16-8-3-1-4-9-16/h1,3-4,8-9,17H,2,5-7,10-15H2,(H,21,22,23). The van der Waals surface area contributed by atoms with E-state index < -0.39 is 0 Å². The highest BCUT2D eigenvalue weighted by atomic mass is 16.2. The second-order valence-corrected chi connectivity index (χ2v) is 7.31. The lowest BCUT2D eigenvalue weighted by atomic mass is 10.1. The first-order chi connectivity index (χ1) is 12.8. The fourth-order valence-corrected chi connectivity index (χ4v) is 4.07. The molecule has 1 aromatic heterocycles. The molecule has 4 rings (SSSR count). The van der Waals surface area contributed by atoms with Gasteiger partial charge < -0.3 is 9.80 Å². The topological polar surface area (TPSA) is 65.1 Å². The zero-order valence-electron chi connectivity index (χ0n) is 15.2. The van der Waals surface area contributed by atoms with Crippen LogP contribution < -0.4 is 0 Å². The number of benzene rings is 1. The molecule has 3 heterocycles. The maximum absolute atomic E-state index is 12.8. The van der Waals surface area contributed by atoms with E-state index in [9.17, 15) is 4.79 Å². The zero-order chi connectivity index (χ0) is 17.8. The van der Waals surface area contributed by atoms with Gasteiger partial charge in [-0.2, -0.15) is 5.10 Å². The predicted molar refractivity (Wildman–Crippen MR) is 100 cm³/mol. The molecule has 0 radical (unpaired) electrons. The Labute approximate surface area is 154 Å². The van der Waals surface area contributed by atoms with Gasteiger partial charge in [0, 0.05) is 25.1 Å². The summed E-state index contributed by atoms with van der Waals surface area (Å²) in [5.41, 5.74) is 0.996. The summed E-state index contributed by atoms with van der Waals surface area (Å²) in [6.07, 6.45) is 6.45. The van der Waals surface area contributed by atoms with Crippen molar-refractivity contribution in [1.82, 2.24) is 25.0 Å². The molecule has 1 atom stereocenters. The monoisotopic (exact) mass is 353 g/mol. The summed E-state index contributed by atoms with van der Waals surface area (Å²) < 4.78 is 0. The van der Waals surface area contributed by atoms with Gasteiger partial charge >= 0.3 is 0 Å². The highest BCUT2D eigenvalue weighted by Gasteiger charge is 2.32. The molecule has 2 aliphatic rings. The van der Waals surface area contributed by atoms with Crippen molar-refractivity contribution in [3.8, 4) is 11.4 Å². The molecule has 138 valence electrons. The van der Waals surface area contributed by atoms with Crippen molar-refractivity contribution in [1.29, 1.82) is 0 Å². The van der Waals surface area contributed by atoms with E-state index in [1.165, 1.54) is 19.3 Å². The van der Waals surface area contributed by atoms with Crippen molar-refractivity contribution in [3.63, 3.8) is 0 Å². The Hall–Kier alpha value is -2.21. The van der Waals surface area contributed by atoms with Gasteiger partial charge in [0.15, 0.2) is 5.82 Å². The van der Waals surface area contributed by atoms with Crippen molar-refractivity contribution in [2.45, 2.75) is 44.6 Å². The number of H-pyrrole nitrogens is 1. The van der Waals surface area contributed by atoms with Crippen LogP contribution in [-0.4, -0.2) is 57.1 Å². The van der Waals surface area contributed by atoms with Gasteiger partial charge in [-0.15, -0.1) is 0 Å². The van der Waals surface area contributed by atoms with Crippen LogP contribution in [0.15, 0.2) is 30.3 Å². The van der Waals surface area contributed by atoms with Crippen LogP contribution in [0.5, 0.6) is 0 Å². The van der Waals surface area contributed by atoms with Crippen molar-refractivity contribution < 1.29 is 4.79 Å². The minimum Gasteiger partial charge on any atom is -0.332 e. The van der Waals surface area contributed by atoms with Gasteiger partial charge in [0.05, 0.1) is 6.04 Å². The number of likely N-dealkylation sites (tertiary alicyclic amines) is 2. The van der Waals surface area contributed by atoms with Crippen LogP contribution in [0.2, 0.25) is 0 Å². The van der Waals surface area contributed by atoms with E-state index in [4.69, 9.17) is 0 Å². The summed E-state index contributed by atoms with van der Waals surface area (Å²) in [7, 11) is 0. The third-order valence-corrected chi connectivity index (χ3v) is 5.51.